The van der Waals surface area contributed by atoms with Gasteiger partial charge in [-0.3, -0.25) is 0 Å². The molecule has 1 aromatic carbocycles. The van der Waals surface area contributed by atoms with Gasteiger partial charge in [-0.15, -0.1) is 0 Å². The van der Waals surface area contributed by atoms with Gasteiger partial charge in [-0.2, -0.15) is 0 Å². The van der Waals surface area contributed by atoms with E-state index in [0.29, 0.717) is 0 Å². The summed E-state index contributed by atoms with van der Waals surface area (Å²) in [6.07, 6.45) is 2.15. The smallest absolute Gasteiger partial charge is 0.161 e. The lowest BCUT2D eigenvalue weighted by Gasteiger charge is -2.12. The van der Waals surface area contributed by atoms with Gasteiger partial charge in [-0.25, -0.2) is 0 Å². The predicted molar refractivity (Wildman–Crippen MR) is 70.8 cm³/mol. The zero-order chi connectivity index (χ0) is 12.5. The number of hydrogen-bond donors (Lipinski definition) is 1. The molecule has 0 fully saturated rings. The van der Waals surface area contributed by atoms with Crippen LogP contribution in [0, 0.1) is 0 Å². The van der Waals surface area contributed by atoms with E-state index in [4.69, 9.17) is 9.47 Å². The monoisotopic (exact) mass is 237 g/mol. The first kappa shape index (κ1) is 13.8. The quantitative estimate of drug-likeness (QED) is 0.705. The molecule has 3 heteroatoms. The van der Waals surface area contributed by atoms with Gasteiger partial charge < -0.3 is 14.8 Å². The number of nitrogens with one attached hydrogen (secondary N) is 1. The summed E-state index contributed by atoms with van der Waals surface area (Å²) in [5, 5.41) is 3.37. The lowest BCUT2D eigenvalue weighted by atomic mass is 10.2. The first-order chi connectivity index (χ1) is 8.31. The van der Waals surface area contributed by atoms with Gasteiger partial charge in [0.05, 0.1) is 13.7 Å². The van der Waals surface area contributed by atoms with Crippen LogP contribution >= 0.6 is 0 Å². The first-order valence-electron chi connectivity index (χ1n) is 6.32. The number of rotatable bonds is 8. The molecule has 17 heavy (non-hydrogen) atoms. The summed E-state index contributed by atoms with van der Waals surface area (Å²) in [4.78, 5) is 0. The summed E-state index contributed by atoms with van der Waals surface area (Å²) >= 11 is 0. The molecular weight excluding hydrogens is 214 g/mol. The molecule has 0 radical (unpaired) electrons. The molecule has 0 heterocycles. The van der Waals surface area contributed by atoms with Gasteiger partial charge in [0.15, 0.2) is 11.5 Å². The topological polar surface area (TPSA) is 30.5 Å². The molecule has 3 nitrogen and oxygen atoms in total. The van der Waals surface area contributed by atoms with Crippen molar-refractivity contribution in [1.82, 2.24) is 5.32 Å². The predicted octanol–water partition coefficient (Wildman–Crippen LogP) is 2.98. The summed E-state index contributed by atoms with van der Waals surface area (Å²) in [6, 6.07) is 6.10. The molecule has 1 aromatic rings. The molecule has 0 aliphatic carbocycles. The van der Waals surface area contributed by atoms with Crippen molar-refractivity contribution >= 4 is 0 Å². The van der Waals surface area contributed by atoms with E-state index in [9.17, 15) is 0 Å². The van der Waals surface area contributed by atoms with Crippen LogP contribution in [0.25, 0.3) is 0 Å². The summed E-state index contributed by atoms with van der Waals surface area (Å²) in [5.41, 5.74) is 1.22. The van der Waals surface area contributed by atoms with Crippen LogP contribution < -0.4 is 14.8 Å². The number of benzene rings is 1. The van der Waals surface area contributed by atoms with Gasteiger partial charge in [0.25, 0.3) is 0 Å². The highest BCUT2D eigenvalue weighted by molar-refractivity contribution is 5.42. The van der Waals surface area contributed by atoms with Crippen LogP contribution in [-0.4, -0.2) is 20.3 Å². The Balaban J connectivity index is 2.63. The van der Waals surface area contributed by atoms with Gasteiger partial charge in [0, 0.05) is 6.54 Å². The largest absolute Gasteiger partial charge is 0.493 e. The van der Waals surface area contributed by atoms with Crippen LogP contribution in [0.15, 0.2) is 18.2 Å². The minimum atomic E-state index is 0.726. The average molecular weight is 237 g/mol. The third-order valence-corrected chi connectivity index (χ3v) is 2.45. The minimum absolute atomic E-state index is 0.726. The lowest BCUT2D eigenvalue weighted by Crippen LogP contribution is -2.13. The Hall–Kier alpha value is -1.22. The summed E-state index contributed by atoms with van der Waals surface area (Å²) < 4.78 is 10.9. The molecule has 0 bridgehead atoms. The van der Waals surface area contributed by atoms with Crippen molar-refractivity contribution < 1.29 is 9.47 Å². The van der Waals surface area contributed by atoms with Crippen molar-refractivity contribution in [3.63, 3.8) is 0 Å². The van der Waals surface area contributed by atoms with Crippen LogP contribution in [0.3, 0.4) is 0 Å². The van der Waals surface area contributed by atoms with Crippen LogP contribution in [0.4, 0.5) is 0 Å². The molecule has 0 atom stereocenters. The highest BCUT2D eigenvalue weighted by atomic mass is 16.5. The van der Waals surface area contributed by atoms with Gasteiger partial charge in [0.2, 0.25) is 0 Å². The molecule has 0 saturated carbocycles. The van der Waals surface area contributed by atoms with E-state index in [2.05, 4.69) is 25.2 Å². The Morgan fingerprint density at radius 2 is 1.94 bits per heavy atom. The van der Waals surface area contributed by atoms with E-state index in [1.54, 1.807) is 7.11 Å². The Morgan fingerprint density at radius 1 is 1.12 bits per heavy atom. The highest BCUT2D eigenvalue weighted by Crippen LogP contribution is 2.28. The summed E-state index contributed by atoms with van der Waals surface area (Å²) in [5.74, 6) is 1.64. The van der Waals surface area contributed by atoms with Gasteiger partial charge >= 0.3 is 0 Å². The van der Waals surface area contributed by atoms with Gasteiger partial charge in [0.1, 0.15) is 0 Å². The fourth-order valence-electron chi connectivity index (χ4n) is 1.56. The molecule has 1 N–H and O–H groups in total. The molecule has 0 saturated heterocycles. The maximum Gasteiger partial charge on any atom is 0.161 e. The van der Waals surface area contributed by atoms with E-state index >= 15 is 0 Å². The molecule has 0 aromatic heterocycles. The summed E-state index contributed by atoms with van der Waals surface area (Å²) in [6.45, 7) is 6.89. The molecule has 0 aliphatic rings. The van der Waals surface area contributed by atoms with E-state index in [-0.39, 0.29) is 0 Å². The maximum absolute atomic E-state index is 5.61. The Kier molecular flexibility index (Phi) is 6.48. The van der Waals surface area contributed by atoms with Crippen LogP contribution in [0.5, 0.6) is 11.5 Å². The SMILES string of the molecule is CCCNCc1ccc(OCCC)c(OC)c1. The fraction of sp³-hybridized carbons (Fsp3) is 0.571. The van der Waals surface area contributed by atoms with Crippen LogP contribution in [0.2, 0.25) is 0 Å². The number of methoxy groups -OCH3 is 1. The minimum Gasteiger partial charge on any atom is -0.493 e. The van der Waals surface area contributed by atoms with Crippen molar-refractivity contribution in [3.05, 3.63) is 23.8 Å². The van der Waals surface area contributed by atoms with Crippen molar-refractivity contribution in [3.8, 4) is 11.5 Å². The van der Waals surface area contributed by atoms with E-state index in [1.165, 1.54) is 5.56 Å². The number of ether oxygens (including phenoxy) is 2. The van der Waals surface area contributed by atoms with Crippen molar-refractivity contribution in [1.29, 1.82) is 0 Å². The second-order valence-electron chi connectivity index (χ2n) is 4.01. The standard InChI is InChI=1S/C14H23NO2/c1-4-8-15-11-12-6-7-13(17-9-5-2)14(10-12)16-3/h6-7,10,15H,4-5,8-9,11H2,1-3H3. The Labute approximate surface area is 104 Å². The van der Waals surface area contributed by atoms with Crippen molar-refractivity contribution in [2.75, 3.05) is 20.3 Å². The normalized spacial score (nSPS) is 10.3. The molecular formula is C14H23NO2. The van der Waals surface area contributed by atoms with Gasteiger partial charge in [-0.05, 0) is 37.1 Å². The molecule has 0 amide bonds. The molecule has 96 valence electrons. The number of hydrogen-bond acceptors (Lipinski definition) is 3. The van der Waals surface area contributed by atoms with E-state index < -0.39 is 0 Å². The third-order valence-electron chi connectivity index (χ3n) is 2.45. The van der Waals surface area contributed by atoms with Gasteiger partial charge in [-0.1, -0.05) is 19.9 Å². The zero-order valence-electron chi connectivity index (χ0n) is 11.1. The highest BCUT2D eigenvalue weighted by Gasteiger charge is 2.05. The molecule has 1 rings (SSSR count). The van der Waals surface area contributed by atoms with Crippen LogP contribution in [0.1, 0.15) is 32.3 Å². The van der Waals surface area contributed by atoms with Crippen LogP contribution in [-0.2, 0) is 6.54 Å². The van der Waals surface area contributed by atoms with E-state index in [1.807, 2.05) is 12.1 Å². The third kappa shape index (κ3) is 4.65. The summed E-state index contributed by atoms with van der Waals surface area (Å²) in [7, 11) is 1.68. The Bertz CT molecular complexity index is 326. The van der Waals surface area contributed by atoms with Crippen molar-refractivity contribution in [2.45, 2.75) is 33.2 Å². The average Bonchev–Trinajstić information content (AvgIpc) is 2.37. The van der Waals surface area contributed by atoms with Crippen molar-refractivity contribution in [2.24, 2.45) is 0 Å². The maximum atomic E-state index is 5.61. The molecule has 0 unspecified atom stereocenters. The first-order valence-corrected chi connectivity index (χ1v) is 6.32. The fourth-order valence-corrected chi connectivity index (χ4v) is 1.56. The zero-order valence-corrected chi connectivity index (χ0v) is 11.1. The van der Waals surface area contributed by atoms with E-state index in [0.717, 1.165) is 44.0 Å². The second-order valence-corrected chi connectivity index (χ2v) is 4.01. The lowest BCUT2D eigenvalue weighted by molar-refractivity contribution is 0.294. The second kappa shape index (κ2) is 7.96. The molecule has 0 aliphatic heterocycles. The molecule has 0 spiro atoms. The Morgan fingerprint density at radius 3 is 2.59 bits per heavy atom.